The first-order chi connectivity index (χ1) is 13.9. The number of aliphatic hydroxyl groups is 1. The van der Waals surface area contributed by atoms with Crippen LogP contribution in [-0.4, -0.2) is 47.1 Å². The predicted octanol–water partition coefficient (Wildman–Crippen LogP) is 3.57. The predicted molar refractivity (Wildman–Crippen MR) is 112 cm³/mol. The average molecular weight is 421 g/mol. The van der Waals surface area contributed by atoms with Crippen LogP contribution in [0.2, 0.25) is 0 Å². The highest BCUT2D eigenvalue weighted by Gasteiger charge is 2.60. The van der Waals surface area contributed by atoms with E-state index in [1.165, 1.54) is 13.8 Å². The van der Waals surface area contributed by atoms with Crippen molar-refractivity contribution >= 4 is 11.9 Å². The van der Waals surface area contributed by atoms with Crippen molar-refractivity contribution in [2.24, 2.45) is 23.7 Å². The molecule has 2 aliphatic heterocycles. The number of rotatable bonds is 3. The normalized spacial score (nSPS) is 41.0. The summed E-state index contributed by atoms with van der Waals surface area (Å²) in [6.07, 6.45) is 3.63. The lowest BCUT2D eigenvalue weighted by atomic mass is 9.61. The van der Waals surface area contributed by atoms with Gasteiger partial charge in [-0.05, 0) is 39.2 Å². The third-order valence-electron chi connectivity index (χ3n) is 7.07. The molecular weight excluding hydrogens is 384 g/mol. The monoisotopic (exact) mass is 420 g/mol. The lowest BCUT2D eigenvalue weighted by Crippen LogP contribution is -2.57. The maximum Gasteiger partial charge on any atom is 0.303 e. The zero-order valence-electron chi connectivity index (χ0n) is 19.2. The molecule has 0 amide bonds. The van der Waals surface area contributed by atoms with Crippen molar-refractivity contribution in [3.05, 3.63) is 23.3 Å². The molecule has 168 valence electrons. The Morgan fingerprint density at radius 2 is 1.83 bits per heavy atom. The molecule has 8 atom stereocenters. The fraction of sp³-hybridized carbons (Fsp3) is 0.750. The number of hydrogen-bond donors (Lipinski definition) is 1. The summed E-state index contributed by atoms with van der Waals surface area (Å²) in [5.74, 6) is -0.480. The molecule has 1 aliphatic carbocycles. The molecule has 0 saturated carbocycles. The molecule has 0 aromatic heterocycles. The summed E-state index contributed by atoms with van der Waals surface area (Å²) in [7, 11) is 0. The van der Waals surface area contributed by atoms with E-state index >= 15 is 0 Å². The number of esters is 2. The Morgan fingerprint density at radius 3 is 2.40 bits per heavy atom. The van der Waals surface area contributed by atoms with E-state index in [2.05, 4.69) is 33.8 Å². The topological polar surface area (TPSA) is 82.1 Å². The Kier molecular flexibility index (Phi) is 6.49. The van der Waals surface area contributed by atoms with Crippen molar-refractivity contribution in [3.8, 4) is 0 Å². The molecule has 1 saturated heterocycles. The minimum absolute atomic E-state index is 0.00855. The number of ether oxygens (including phenoxy) is 3. The number of fused-ring (bicyclic) bond motifs is 5. The molecule has 3 aliphatic rings. The van der Waals surface area contributed by atoms with Crippen molar-refractivity contribution in [1.29, 1.82) is 0 Å². The number of carbonyl (C=O) groups is 2. The van der Waals surface area contributed by atoms with Gasteiger partial charge in [-0.25, -0.2) is 0 Å². The van der Waals surface area contributed by atoms with Crippen LogP contribution in [0, 0.1) is 23.7 Å². The Bertz CT molecular complexity index is 749. The van der Waals surface area contributed by atoms with Crippen LogP contribution in [-0.2, 0) is 23.8 Å². The van der Waals surface area contributed by atoms with Gasteiger partial charge in [-0.1, -0.05) is 31.1 Å². The molecule has 0 radical (unpaired) electrons. The molecule has 30 heavy (non-hydrogen) atoms. The molecule has 0 unspecified atom stereocenters. The molecule has 2 bridgehead atoms. The smallest absolute Gasteiger partial charge is 0.303 e. The second-order valence-electron chi connectivity index (χ2n) is 9.82. The Morgan fingerprint density at radius 1 is 1.20 bits per heavy atom. The van der Waals surface area contributed by atoms with Gasteiger partial charge < -0.3 is 19.3 Å². The van der Waals surface area contributed by atoms with Crippen molar-refractivity contribution in [2.75, 3.05) is 0 Å². The maximum absolute atomic E-state index is 11.8. The molecule has 0 aromatic rings. The number of carbonyl (C=O) groups excluding carboxylic acids is 2. The molecule has 6 nitrogen and oxygen atoms in total. The van der Waals surface area contributed by atoms with Crippen molar-refractivity contribution < 1.29 is 28.9 Å². The van der Waals surface area contributed by atoms with E-state index in [1.54, 1.807) is 6.92 Å². The van der Waals surface area contributed by atoms with E-state index in [0.29, 0.717) is 6.42 Å². The first-order valence-corrected chi connectivity index (χ1v) is 11.0. The molecule has 1 N–H and O–H groups in total. The van der Waals surface area contributed by atoms with Crippen LogP contribution in [0.3, 0.4) is 0 Å². The van der Waals surface area contributed by atoms with E-state index < -0.39 is 23.8 Å². The van der Waals surface area contributed by atoms with Gasteiger partial charge in [0.2, 0.25) is 0 Å². The van der Waals surface area contributed by atoms with Crippen LogP contribution < -0.4 is 0 Å². The largest absolute Gasteiger partial charge is 0.459 e. The molecule has 6 heteroatoms. The second kappa shape index (κ2) is 8.46. The van der Waals surface area contributed by atoms with Gasteiger partial charge >= 0.3 is 11.9 Å². The van der Waals surface area contributed by atoms with Crippen LogP contribution in [0.25, 0.3) is 0 Å². The van der Waals surface area contributed by atoms with Crippen molar-refractivity contribution in [2.45, 2.75) is 91.3 Å². The first kappa shape index (κ1) is 23.0. The lowest BCUT2D eigenvalue weighted by Gasteiger charge is -2.46. The van der Waals surface area contributed by atoms with Gasteiger partial charge in [0, 0.05) is 38.0 Å². The Labute approximate surface area is 179 Å². The fourth-order valence-corrected chi connectivity index (χ4v) is 5.87. The van der Waals surface area contributed by atoms with Crippen LogP contribution in [0.15, 0.2) is 23.3 Å². The maximum atomic E-state index is 11.8. The summed E-state index contributed by atoms with van der Waals surface area (Å²) in [6, 6.07) is 0. The van der Waals surface area contributed by atoms with Gasteiger partial charge in [-0.15, -0.1) is 0 Å². The standard InChI is InChI=1S/C24H36O6/c1-12(2)20-18(28-15(5)25)11-14(4)21-17-10-13(3)8-9-19(29-16(6)26)24(7,27)23(30-17)22(20)21/h8,11-12,17-23,27H,9-10H2,1-7H3/t17-,18-,19+,20+,21-,22-,23-,24-/m1/s1. The quantitative estimate of drug-likeness (QED) is 0.555. The number of hydrogen-bond acceptors (Lipinski definition) is 6. The third-order valence-corrected chi connectivity index (χ3v) is 7.07. The van der Waals surface area contributed by atoms with Gasteiger partial charge in [0.05, 0.1) is 12.2 Å². The summed E-state index contributed by atoms with van der Waals surface area (Å²) in [5.41, 5.74) is 0.907. The summed E-state index contributed by atoms with van der Waals surface area (Å²) in [4.78, 5) is 23.6. The van der Waals surface area contributed by atoms with Crippen LogP contribution in [0.5, 0.6) is 0 Å². The van der Waals surface area contributed by atoms with Gasteiger partial charge in [-0.2, -0.15) is 0 Å². The molecule has 0 aromatic carbocycles. The van der Waals surface area contributed by atoms with E-state index in [-0.39, 0.29) is 41.8 Å². The van der Waals surface area contributed by atoms with Gasteiger partial charge in [0.15, 0.2) is 0 Å². The van der Waals surface area contributed by atoms with Gasteiger partial charge in [-0.3, -0.25) is 9.59 Å². The molecule has 0 spiro atoms. The van der Waals surface area contributed by atoms with Crippen molar-refractivity contribution in [1.82, 2.24) is 0 Å². The SMILES string of the molecule is CC(=O)O[C@H]1CC=C(C)C[C@H]2O[C@H]([C@H]3[C@@H]2C(C)=C[C@@H](OC(C)=O)[C@@H]3C(C)C)[C@]1(C)O. The van der Waals surface area contributed by atoms with Crippen LogP contribution in [0.4, 0.5) is 0 Å². The molecule has 2 heterocycles. The second-order valence-corrected chi connectivity index (χ2v) is 9.82. The van der Waals surface area contributed by atoms with Crippen LogP contribution >= 0.6 is 0 Å². The van der Waals surface area contributed by atoms with Crippen LogP contribution in [0.1, 0.15) is 61.3 Å². The minimum Gasteiger partial charge on any atom is -0.459 e. The zero-order valence-corrected chi connectivity index (χ0v) is 19.2. The molecule has 3 rings (SSSR count). The van der Waals surface area contributed by atoms with E-state index in [4.69, 9.17) is 14.2 Å². The minimum atomic E-state index is -1.38. The summed E-state index contributed by atoms with van der Waals surface area (Å²) in [6.45, 7) is 12.9. The Balaban J connectivity index is 2.11. The summed E-state index contributed by atoms with van der Waals surface area (Å²) in [5, 5.41) is 11.7. The van der Waals surface area contributed by atoms with Gasteiger partial charge in [0.25, 0.3) is 0 Å². The van der Waals surface area contributed by atoms with Crippen molar-refractivity contribution in [3.63, 3.8) is 0 Å². The Hall–Kier alpha value is -1.66. The first-order valence-electron chi connectivity index (χ1n) is 11.0. The summed E-state index contributed by atoms with van der Waals surface area (Å²) < 4.78 is 17.9. The lowest BCUT2D eigenvalue weighted by molar-refractivity contribution is -0.191. The fourth-order valence-electron chi connectivity index (χ4n) is 5.87. The summed E-state index contributed by atoms with van der Waals surface area (Å²) >= 11 is 0. The average Bonchev–Trinajstić information content (AvgIpc) is 2.98. The zero-order chi connectivity index (χ0) is 22.4. The highest BCUT2D eigenvalue weighted by molar-refractivity contribution is 5.66. The molecule has 1 fully saturated rings. The molecular formula is C24H36O6. The van der Waals surface area contributed by atoms with Gasteiger partial charge in [0.1, 0.15) is 17.8 Å². The highest BCUT2D eigenvalue weighted by atomic mass is 16.6. The third kappa shape index (κ3) is 4.22. The van der Waals surface area contributed by atoms with E-state index in [9.17, 15) is 14.7 Å². The van der Waals surface area contributed by atoms with E-state index in [1.807, 2.05) is 6.08 Å². The van der Waals surface area contributed by atoms with E-state index in [0.717, 1.165) is 17.6 Å². The highest BCUT2D eigenvalue weighted by Crippen LogP contribution is 2.54.